The van der Waals surface area contributed by atoms with Gasteiger partial charge < -0.3 is 9.47 Å². The highest BCUT2D eigenvalue weighted by molar-refractivity contribution is 5.83. The zero-order chi connectivity index (χ0) is 14.7. The lowest BCUT2D eigenvalue weighted by molar-refractivity contribution is -0.139. The van der Waals surface area contributed by atoms with Gasteiger partial charge in [0.2, 0.25) is 0 Å². The first-order valence-corrected chi connectivity index (χ1v) is 6.16. The third-order valence-electron chi connectivity index (χ3n) is 2.94. The van der Waals surface area contributed by atoms with E-state index < -0.39 is 18.1 Å². The number of aromatic amines is 2. The molecule has 1 atom stereocenters. The molecule has 2 aromatic rings. The van der Waals surface area contributed by atoms with E-state index in [1.807, 2.05) is 0 Å². The minimum Gasteiger partial charge on any atom is -0.403 e. The zero-order valence-corrected chi connectivity index (χ0v) is 10.7. The van der Waals surface area contributed by atoms with Crippen molar-refractivity contribution in [2.45, 2.75) is 18.9 Å². The summed E-state index contributed by atoms with van der Waals surface area (Å²) in [5.74, 6) is -0.495. The van der Waals surface area contributed by atoms with E-state index in [1.54, 1.807) is 0 Å². The van der Waals surface area contributed by atoms with Gasteiger partial charge in [0, 0.05) is 6.54 Å². The summed E-state index contributed by atoms with van der Waals surface area (Å²) in [6.45, 7) is 0.398. The molecule has 11 heteroatoms. The number of aromatic nitrogens is 6. The van der Waals surface area contributed by atoms with E-state index in [4.69, 9.17) is 9.47 Å². The highest BCUT2D eigenvalue weighted by Crippen LogP contribution is 2.20. The molecular formula is C10H11N7O4. The average molecular weight is 293 g/mol. The number of hydrogen-bond acceptors (Lipinski definition) is 8. The number of rotatable bonds is 3. The smallest absolute Gasteiger partial charge is 0.403 e. The van der Waals surface area contributed by atoms with Gasteiger partial charge in [0.25, 0.3) is 11.8 Å². The van der Waals surface area contributed by atoms with Crippen molar-refractivity contribution < 1.29 is 19.1 Å². The van der Waals surface area contributed by atoms with Gasteiger partial charge >= 0.3 is 12.1 Å². The molecule has 0 aliphatic carbocycles. The number of H-pyrrole nitrogens is 2. The molecule has 0 bridgehead atoms. The van der Waals surface area contributed by atoms with Crippen molar-refractivity contribution in [3.05, 3.63) is 12.4 Å². The van der Waals surface area contributed by atoms with Crippen LogP contribution in [0.5, 0.6) is 11.8 Å². The molecule has 3 heterocycles. The van der Waals surface area contributed by atoms with E-state index in [0.29, 0.717) is 19.4 Å². The molecule has 0 spiro atoms. The maximum absolute atomic E-state index is 12.0. The third-order valence-corrected chi connectivity index (χ3v) is 2.94. The Hall–Kier alpha value is -2.98. The normalized spacial score (nSPS) is 17.7. The molecule has 0 unspecified atom stereocenters. The quantitative estimate of drug-likeness (QED) is 0.721. The van der Waals surface area contributed by atoms with Crippen LogP contribution >= 0.6 is 0 Å². The van der Waals surface area contributed by atoms with Crippen LogP contribution in [0, 0.1) is 0 Å². The number of nitrogens with zero attached hydrogens (tertiary/aromatic N) is 5. The lowest BCUT2D eigenvalue weighted by Gasteiger charge is -2.21. The fourth-order valence-corrected chi connectivity index (χ4v) is 2.03. The number of carbonyl (C=O) groups is 2. The van der Waals surface area contributed by atoms with Gasteiger partial charge in [0.1, 0.15) is 18.4 Å². The molecule has 1 amide bonds. The number of ether oxygens (including phenoxy) is 2. The Kier molecular flexibility index (Phi) is 3.45. The summed E-state index contributed by atoms with van der Waals surface area (Å²) in [5.41, 5.74) is 0. The molecule has 1 aliphatic rings. The SMILES string of the molecule is O=C(Oc1cn[nH]n1)[C@@H]1CCCN1C(=O)Oc1cn[nH]n1. The summed E-state index contributed by atoms with van der Waals surface area (Å²) in [7, 11) is 0. The number of carbonyl (C=O) groups excluding carboxylic acids is 2. The highest BCUT2D eigenvalue weighted by atomic mass is 16.6. The minimum atomic E-state index is -0.721. The number of esters is 1. The Morgan fingerprint density at radius 3 is 2.43 bits per heavy atom. The number of nitrogens with one attached hydrogen (secondary N) is 2. The summed E-state index contributed by atoms with van der Waals surface area (Å²) in [6.07, 6.45) is 3.02. The second kappa shape index (κ2) is 5.56. The molecule has 0 radical (unpaired) electrons. The first-order chi connectivity index (χ1) is 10.2. The van der Waals surface area contributed by atoms with E-state index >= 15 is 0 Å². The van der Waals surface area contributed by atoms with Crippen molar-refractivity contribution >= 4 is 12.1 Å². The maximum Gasteiger partial charge on any atom is 0.417 e. The monoisotopic (exact) mass is 293 g/mol. The van der Waals surface area contributed by atoms with Crippen molar-refractivity contribution in [2.75, 3.05) is 6.54 Å². The van der Waals surface area contributed by atoms with Crippen LogP contribution in [-0.2, 0) is 4.79 Å². The van der Waals surface area contributed by atoms with Gasteiger partial charge in [-0.3, -0.25) is 4.90 Å². The molecule has 1 fully saturated rings. The first-order valence-electron chi connectivity index (χ1n) is 6.16. The molecule has 11 nitrogen and oxygen atoms in total. The van der Waals surface area contributed by atoms with Crippen LogP contribution in [-0.4, -0.2) is 60.4 Å². The van der Waals surface area contributed by atoms with Gasteiger partial charge in [-0.15, -0.1) is 10.2 Å². The van der Waals surface area contributed by atoms with Crippen LogP contribution < -0.4 is 9.47 Å². The molecule has 1 saturated heterocycles. The van der Waals surface area contributed by atoms with E-state index in [9.17, 15) is 9.59 Å². The van der Waals surface area contributed by atoms with E-state index in [0.717, 1.165) is 0 Å². The molecule has 110 valence electrons. The molecule has 21 heavy (non-hydrogen) atoms. The maximum atomic E-state index is 12.0. The first kappa shape index (κ1) is 13.0. The Morgan fingerprint density at radius 2 is 1.81 bits per heavy atom. The van der Waals surface area contributed by atoms with Crippen molar-refractivity contribution in [3.8, 4) is 11.8 Å². The van der Waals surface area contributed by atoms with Gasteiger partial charge in [-0.2, -0.15) is 20.6 Å². The van der Waals surface area contributed by atoms with Crippen LogP contribution in [0.25, 0.3) is 0 Å². The molecule has 3 rings (SSSR count). The van der Waals surface area contributed by atoms with Crippen molar-refractivity contribution in [1.82, 2.24) is 35.7 Å². The fraction of sp³-hybridized carbons (Fsp3) is 0.400. The third kappa shape index (κ3) is 2.80. The molecule has 0 saturated carbocycles. The summed E-state index contributed by atoms with van der Waals surface area (Å²) in [6, 6.07) is -0.721. The van der Waals surface area contributed by atoms with Crippen LogP contribution in [0.4, 0.5) is 4.79 Å². The van der Waals surface area contributed by atoms with Gasteiger partial charge in [0.15, 0.2) is 0 Å². The highest BCUT2D eigenvalue weighted by Gasteiger charge is 2.37. The molecule has 2 aromatic heterocycles. The Bertz CT molecular complexity index is 557. The Morgan fingerprint density at radius 1 is 1.14 bits per heavy atom. The Balaban J connectivity index is 1.64. The topological polar surface area (TPSA) is 139 Å². The zero-order valence-electron chi connectivity index (χ0n) is 10.7. The lowest BCUT2D eigenvalue weighted by Crippen LogP contribution is -2.43. The van der Waals surface area contributed by atoms with Gasteiger partial charge in [-0.05, 0) is 12.8 Å². The molecular weight excluding hydrogens is 282 g/mol. The lowest BCUT2D eigenvalue weighted by atomic mass is 10.2. The minimum absolute atomic E-state index is 0.0375. The van der Waals surface area contributed by atoms with E-state index in [1.165, 1.54) is 17.3 Å². The van der Waals surface area contributed by atoms with Crippen LogP contribution in [0.2, 0.25) is 0 Å². The second-order valence-corrected chi connectivity index (χ2v) is 4.26. The summed E-state index contributed by atoms with van der Waals surface area (Å²) < 4.78 is 10.0. The van der Waals surface area contributed by atoms with Crippen LogP contribution in [0.15, 0.2) is 12.4 Å². The fourth-order valence-electron chi connectivity index (χ4n) is 2.03. The summed E-state index contributed by atoms with van der Waals surface area (Å²) in [5, 5.41) is 18.9. The van der Waals surface area contributed by atoms with Crippen molar-refractivity contribution in [3.63, 3.8) is 0 Å². The van der Waals surface area contributed by atoms with Gasteiger partial charge in [0.05, 0.1) is 0 Å². The molecule has 0 aromatic carbocycles. The molecule has 1 aliphatic heterocycles. The van der Waals surface area contributed by atoms with Gasteiger partial charge in [-0.25, -0.2) is 9.59 Å². The summed E-state index contributed by atoms with van der Waals surface area (Å²) in [4.78, 5) is 25.3. The predicted molar refractivity (Wildman–Crippen MR) is 64.2 cm³/mol. The predicted octanol–water partition coefficient (Wildman–Crippen LogP) is -0.508. The van der Waals surface area contributed by atoms with Crippen molar-refractivity contribution in [2.24, 2.45) is 0 Å². The largest absolute Gasteiger partial charge is 0.417 e. The van der Waals surface area contributed by atoms with Crippen molar-refractivity contribution in [1.29, 1.82) is 0 Å². The average Bonchev–Trinajstić information content (AvgIpc) is 3.20. The summed E-state index contributed by atoms with van der Waals surface area (Å²) >= 11 is 0. The van der Waals surface area contributed by atoms with E-state index in [2.05, 4.69) is 30.8 Å². The van der Waals surface area contributed by atoms with E-state index in [-0.39, 0.29) is 11.8 Å². The van der Waals surface area contributed by atoms with Crippen LogP contribution in [0.1, 0.15) is 12.8 Å². The Labute approximate surface area is 117 Å². The molecule has 2 N–H and O–H groups in total. The van der Waals surface area contributed by atoms with Crippen LogP contribution in [0.3, 0.4) is 0 Å². The number of likely N-dealkylation sites (tertiary alicyclic amines) is 1. The standard InChI is InChI=1S/C10H11N7O4/c18-9(20-7-4-11-15-13-7)6-2-1-3-17(6)10(19)21-8-5-12-16-14-8/h4-6H,1-3H2,(H,11,13,15)(H,12,14,16)/t6-/m0/s1. The number of hydrogen-bond donors (Lipinski definition) is 2. The number of amides is 1. The van der Waals surface area contributed by atoms with Gasteiger partial charge in [-0.1, -0.05) is 0 Å². The second-order valence-electron chi connectivity index (χ2n) is 4.26.